The zero-order valence-corrected chi connectivity index (χ0v) is 13.2. The van der Waals surface area contributed by atoms with Crippen LogP contribution in [0, 0.1) is 5.92 Å². The van der Waals surface area contributed by atoms with E-state index in [1.165, 1.54) is 24.0 Å². The van der Waals surface area contributed by atoms with Gasteiger partial charge < -0.3 is 10.4 Å². The van der Waals surface area contributed by atoms with Crippen molar-refractivity contribution in [2.75, 3.05) is 6.54 Å². The Morgan fingerprint density at radius 2 is 1.75 bits per heavy atom. The first-order chi connectivity index (χ1) is 9.47. The first-order valence-electron chi connectivity index (χ1n) is 7.95. The Morgan fingerprint density at radius 3 is 2.35 bits per heavy atom. The Morgan fingerprint density at radius 1 is 1.10 bits per heavy atom. The van der Waals surface area contributed by atoms with Crippen LogP contribution in [-0.2, 0) is 12.0 Å². The van der Waals surface area contributed by atoms with Crippen molar-refractivity contribution in [3.8, 4) is 0 Å². The summed E-state index contributed by atoms with van der Waals surface area (Å²) in [6.45, 7) is 8.55. The molecule has 1 aromatic rings. The molecule has 1 fully saturated rings. The van der Waals surface area contributed by atoms with Crippen molar-refractivity contribution in [3.05, 3.63) is 35.4 Å². The first-order valence-corrected chi connectivity index (χ1v) is 7.95. The lowest BCUT2D eigenvalue weighted by molar-refractivity contribution is 0.0695. The molecule has 1 saturated carbocycles. The summed E-state index contributed by atoms with van der Waals surface area (Å²) >= 11 is 0. The highest BCUT2D eigenvalue weighted by molar-refractivity contribution is 5.27. The third-order valence-corrected chi connectivity index (χ3v) is 4.42. The molecule has 0 aliphatic heterocycles. The molecule has 2 atom stereocenters. The molecule has 1 aromatic carbocycles. The summed E-state index contributed by atoms with van der Waals surface area (Å²) < 4.78 is 0. The monoisotopic (exact) mass is 275 g/mol. The molecule has 2 rings (SSSR count). The Balaban J connectivity index is 1.79. The number of rotatable bonds is 4. The predicted molar refractivity (Wildman–Crippen MR) is 84.8 cm³/mol. The lowest BCUT2D eigenvalue weighted by Crippen LogP contribution is -2.33. The van der Waals surface area contributed by atoms with Crippen LogP contribution in [0.5, 0.6) is 0 Å². The molecule has 1 aliphatic carbocycles. The third-order valence-electron chi connectivity index (χ3n) is 4.42. The standard InChI is InChI=1S/C18H29NO/c1-18(2,3)16-10-8-14(9-11-16)12-19-13-15-6-4-5-7-17(15)20/h8-11,15,17,19-20H,4-7,12-13H2,1-3H3. The molecular formula is C18H29NO. The fourth-order valence-corrected chi connectivity index (χ4v) is 2.95. The number of hydrogen-bond acceptors (Lipinski definition) is 2. The van der Waals surface area contributed by atoms with Crippen LogP contribution in [0.3, 0.4) is 0 Å². The molecule has 0 spiro atoms. The molecule has 0 saturated heterocycles. The Hall–Kier alpha value is -0.860. The van der Waals surface area contributed by atoms with Crippen molar-refractivity contribution in [3.63, 3.8) is 0 Å². The van der Waals surface area contributed by atoms with E-state index in [1.54, 1.807) is 0 Å². The molecule has 1 aliphatic rings. The van der Waals surface area contributed by atoms with E-state index in [9.17, 15) is 5.11 Å². The SMILES string of the molecule is CC(C)(C)c1ccc(CNCC2CCCCC2O)cc1. The largest absolute Gasteiger partial charge is 0.393 e. The van der Waals surface area contributed by atoms with E-state index >= 15 is 0 Å². The fourth-order valence-electron chi connectivity index (χ4n) is 2.95. The van der Waals surface area contributed by atoms with Crippen LogP contribution in [0.4, 0.5) is 0 Å². The normalized spacial score (nSPS) is 23.8. The molecule has 0 heterocycles. The van der Waals surface area contributed by atoms with Gasteiger partial charge in [0.05, 0.1) is 6.10 Å². The van der Waals surface area contributed by atoms with E-state index in [2.05, 4.69) is 50.4 Å². The predicted octanol–water partition coefficient (Wildman–Crippen LogP) is 3.62. The lowest BCUT2D eigenvalue weighted by Gasteiger charge is -2.27. The highest BCUT2D eigenvalue weighted by Crippen LogP contribution is 2.24. The van der Waals surface area contributed by atoms with Crippen LogP contribution in [0.25, 0.3) is 0 Å². The van der Waals surface area contributed by atoms with Gasteiger partial charge in [-0.1, -0.05) is 57.9 Å². The maximum atomic E-state index is 9.95. The van der Waals surface area contributed by atoms with Gasteiger partial charge in [-0.05, 0) is 35.3 Å². The van der Waals surface area contributed by atoms with E-state index in [1.807, 2.05) is 0 Å². The van der Waals surface area contributed by atoms with Crippen LogP contribution < -0.4 is 5.32 Å². The Labute approximate surface area is 123 Å². The minimum Gasteiger partial charge on any atom is -0.393 e. The van der Waals surface area contributed by atoms with Gasteiger partial charge in [0.1, 0.15) is 0 Å². The van der Waals surface area contributed by atoms with Crippen molar-refractivity contribution in [2.45, 2.75) is 64.5 Å². The van der Waals surface area contributed by atoms with Crippen LogP contribution in [0.1, 0.15) is 57.6 Å². The number of hydrogen-bond donors (Lipinski definition) is 2. The molecule has 0 bridgehead atoms. The quantitative estimate of drug-likeness (QED) is 0.879. The van der Waals surface area contributed by atoms with Gasteiger partial charge in [0, 0.05) is 13.1 Å². The van der Waals surface area contributed by atoms with Crippen molar-refractivity contribution in [1.29, 1.82) is 0 Å². The average Bonchev–Trinajstić information content (AvgIpc) is 2.40. The molecule has 20 heavy (non-hydrogen) atoms. The zero-order chi connectivity index (χ0) is 14.6. The van der Waals surface area contributed by atoms with Crippen molar-refractivity contribution in [2.24, 2.45) is 5.92 Å². The second kappa shape index (κ2) is 6.73. The second-order valence-electron chi connectivity index (χ2n) is 7.19. The average molecular weight is 275 g/mol. The van der Waals surface area contributed by atoms with Gasteiger partial charge in [0.15, 0.2) is 0 Å². The minimum absolute atomic E-state index is 0.0977. The molecular weight excluding hydrogens is 246 g/mol. The van der Waals surface area contributed by atoms with Crippen LogP contribution in [0.2, 0.25) is 0 Å². The molecule has 2 heteroatoms. The summed E-state index contributed by atoms with van der Waals surface area (Å²) in [5.41, 5.74) is 2.92. The third kappa shape index (κ3) is 4.32. The Kier molecular flexibility index (Phi) is 5.22. The number of benzene rings is 1. The molecule has 0 aromatic heterocycles. The number of nitrogens with one attached hydrogen (secondary N) is 1. The van der Waals surface area contributed by atoms with E-state index in [0.29, 0.717) is 5.92 Å². The van der Waals surface area contributed by atoms with E-state index in [-0.39, 0.29) is 11.5 Å². The second-order valence-corrected chi connectivity index (χ2v) is 7.19. The van der Waals surface area contributed by atoms with Crippen molar-refractivity contribution in [1.82, 2.24) is 5.32 Å². The molecule has 2 nitrogen and oxygen atoms in total. The van der Waals surface area contributed by atoms with Gasteiger partial charge in [0.2, 0.25) is 0 Å². The molecule has 112 valence electrons. The molecule has 0 amide bonds. The van der Waals surface area contributed by atoms with Gasteiger partial charge in [-0.15, -0.1) is 0 Å². The lowest BCUT2D eigenvalue weighted by atomic mass is 9.86. The van der Waals surface area contributed by atoms with Crippen molar-refractivity contribution < 1.29 is 5.11 Å². The number of aliphatic hydroxyl groups is 1. The summed E-state index contributed by atoms with van der Waals surface area (Å²) in [7, 11) is 0. The van der Waals surface area contributed by atoms with Crippen LogP contribution in [0.15, 0.2) is 24.3 Å². The van der Waals surface area contributed by atoms with Gasteiger partial charge in [-0.25, -0.2) is 0 Å². The summed E-state index contributed by atoms with van der Waals surface area (Å²) in [6, 6.07) is 8.88. The first kappa shape index (κ1) is 15.5. The van der Waals surface area contributed by atoms with Crippen LogP contribution >= 0.6 is 0 Å². The summed E-state index contributed by atoms with van der Waals surface area (Å²) in [5.74, 6) is 0.442. The maximum Gasteiger partial charge on any atom is 0.0580 e. The molecule has 2 N–H and O–H groups in total. The highest BCUT2D eigenvalue weighted by Gasteiger charge is 2.22. The van der Waals surface area contributed by atoms with Gasteiger partial charge in [-0.2, -0.15) is 0 Å². The fraction of sp³-hybridized carbons (Fsp3) is 0.667. The smallest absolute Gasteiger partial charge is 0.0580 e. The summed E-state index contributed by atoms with van der Waals surface area (Å²) in [4.78, 5) is 0. The van der Waals surface area contributed by atoms with E-state index < -0.39 is 0 Å². The highest BCUT2D eigenvalue weighted by atomic mass is 16.3. The maximum absolute atomic E-state index is 9.95. The van der Waals surface area contributed by atoms with Crippen LogP contribution in [-0.4, -0.2) is 17.8 Å². The topological polar surface area (TPSA) is 32.3 Å². The van der Waals surface area contributed by atoms with Crippen molar-refractivity contribution >= 4 is 0 Å². The minimum atomic E-state index is -0.0977. The van der Waals surface area contributed by atoms with E-state index in [4.69, 9.17) is 0 Å². The number of aliphatic hydroxyl groups excluding tert-OH is 1. The van der Waals surface area contributed by atoms with E-state index in [0.717, 1.165) is 25.9 Å². The summed E-state index contributed by atoms with van der Waals surface area (Å²) in [6.07, 6.45) is 4.50. The zero-order valence-electron chi connectivity index (χ0n) is 13.2. The van der Waals surface area contributed by atoms with Gasteiger partial charge in [0.25, 0.3) is 0 Å². The van der Waals surface area contributed by atoms with Gasteiger partial charge >= 0.3 is 0 Å². The Bertz CT molecular complexity index is 404. The molecule has 0 radical (unpaired) electrons. The van der Waals surface area contributed by atoms with Gasteiger partial charge in [-0.3, -0.25) is 0 Å². The summed E-state index contributed by atoms with van der Waals surface area (Å²) in [5, 5.41) is 13.5. The molecule has 2 unspecified atom stereocenters.